The van der Waals surface area contributed by atoms with Crippen molar-refractivity contribution >= 4 is 22.0 Å². The maximum Gasteiger partial charge on any atom is 0.119 e. The van der Waals surface area contributed by atoms with Crippen LogP contribution in [-0.4, -0.2) is 58.7 Å². The third-order valence-electron chi connectivity index (χ3n) is 6.09. The minimum Gasteiger partial charge on any atom is -0.508 e. The second-order valence-electron chi connectivity index (χ2n) is 8.95. The Balaban J connectivity index is 1.83. The third-order valence-corrected chi connectivity index (χ3v) is 6.09. The van der Waals surface area contributed by atoms with E-state index in [1.165, 1.54) is 0 Å². The number of hydrogen-bond donors (Lipinski definition) is 2. The lowest BCUT2D eigenvalue weighted by atomic mass is 9.87. The van der Waals surface area contributed by atoms with Crippen molar-refractivity contribution in [2.24, 2.45) is 7.05 Å². The van der Waals surface area contributed by atoms with Gasteiger partial charge in [0.25, 0.3) is 0 Å². The number of fused-ring (bicyclic) bond motifs is 1. The van der Waals surface area contributed by atoms with Crippen LogP contribution in [0.4, 0.5) is 0 Å². The van der Waals surface area contributed by atoms with Gasteiger partial charge in [-0.25, -0.2) is 0 Å². The third kappa shape index (κ3) is 5.91. The van der Waals surface area contributed by atoms with Gasteiger partial charge >= 0.3 is 0 Å². The van der Waals surface area contributed by atoms with Crippen LogP contribution in [0.1, 0.15) is 29.5 Å². The van der Waals surface area contributed by atoms with Crippen molar-refractivity contribution in [3.8, 4) is 11.5 Å². The SMILES string of the molecule is CN(C)CCOc1ccc(/C(=C(\CCCO)c2ccc3cnn(C)c3c2)c2ccc(O)cc2)cc1. The number of hydrogen-bond acceptors (Lipinski definition) is 5. The van der Waals surface area contributed by atoms with E-state index in [4.69, 9.17) is 4.74 Å². The van der Waals surface area contributed by atoms with E-state index in [1.54, 1.807) is 12.1 Å². The van der Waals surface area contributed by atoms with E-state index in [0.29, 0.717) is 19.4 Å². The molecule has 1 aromatic heterocycles. The number of aliphatic hydroxyl groups excluding tert-OH is 1. The molecule has 4 aromatic rings. The summed E-state index contributed by atoms with van der Waals surface area (Å²) in [6.45, 7) is 1.58. The van der Waals surface area contributed by atoms with Crippen molar-refractivity contribution in [2.75, 3.05) is 33.9 Å². The van der Waals surface area contributed by atoms with Crippen molar-refractivity contribution < 1.29 is 14.9 Å². The van der Waals surface area contributed by atoms with Crippen molar-refractivity contribution in [1.82, 2.24) is 14.7 Å². The molecule has 0 radical (unpaired) electrons. The predicted octanol–water partition coefficient (Wildman–Crippen LogP) is 4.95. The largest absolute Gasteiger partial charge is 0.508 e. The topological polar surface area (TPSA) is 70.8 Å². The van der Waals surface area contributed by atoms with E-state index in [1.807, 2.05) is 56.3 Å². The molecule has 0 saturated heterocycles. The zero-order chi connectivity index (χ0) is 24.8. The van der Waals surface area contributed by atoms with Crippen LogP contribution in [0.15, 0.2) is 72.9 Å². The smallest absolute Gasteiger partial charge is 0.119 e. The molecule has 2 N–H and O–H groups in total. The fraction of sp³-hybridized carbons (Fsp3) is 0.276. The molecule has 6 heteroatoms. The van der Waals surface area contributed by atoms with Gasteiger partial charge in [-0.3, -0.25) is 4.68 Å². The summed E-state index contributed by atoms with van der Waals surface area (Å²) < 4.78 is 7.78. The highest BCUT2D eigenvalue weighted by atomic mass is 16.5. The number of aliphatic hydroxyl groups is 1. The minimum absolute atomic E-state index is 0.110. The lowest BCUT2D eigenvalue weighted by Gasteiger charge is -2.18. The Kier molecular flexibility index (Phi) is 7.85. The normalized spacial score (nSPS) is 12.3. The molecule has 0 spiro atoms. The van der Waals surface area contributed by atoms with Gasteiger partial charge in [0.1, 0.15) is 18.1 Å². The molecule has 0 aliphatic rings. The van der Waals surface area contributed by atoms with Crippen molar-refractivity contribution in [2.45, 2.75) is 12.8 Å². The standard InChI is InChI=1S/C29H33N3O3/c1-31(2)16-18-35-26-14-10-22(11-15-26)29(21-8-12-25(34)13-9-21)27(5-4-17-33)23-6-7-24-20-30-32(3)28(24)19-23/h6-15,19-20,33-34H,4-5,16-18H2,1-3H3/b29-27+. The van der Waals surface area contributed by atoms with Gasteiger partial charge in [0, 0.05) is 25.6 Å². The summed E-state index contributed by atoms with van der Waals surface area (Å²) in [6, 6.07) is 21.8. The number of ether oxygens (including phenoxy) is 1. The first-order valence-electron chi connectivity index (χ1n) is 11.9. The van der Waals surface area contributed by atoms with Crippen LogP contribution < -0.4 is 4.74 Å². The fourth-order valence-electron chi connectivity index (χ4n) is 4.21. The molecule has 0 amide bonds. The van der Waals surface area contributed by atoms with E-state index in [2.05, 4.69) is 40.3 Å². The molecule has 0 fully saturated rings. The molecule has 0 unspecified atom stereocenters. The van der Waals surface area contributed by atoms with Gasteiger partial charge in [-0.15, -0.1) is 0 Å². The van der Waals surface area contributed by atoms with Crippen molar-refractivity contribution in [1.29, 1.82) is 0 Å². The summed E-state index contributed by atoms with van der Waals surface area (Å²) in [6.07, 6.45) is 3.22. The monoisotopic (exact) mass is 471 g/mol. The van der Waals surface area contributed by atoms with Crippen LogP contribution in [-0.2, 0) is 7.05 Å². The molecule has 0 aliphatic carbocycles. The quantitative estimate of drug-likeness (QED) is 0.320. The Labute approximate surface area is 206 Å². The number of aromatic hydroxyl groups is 1. The Morgan fingerprint density at radius 1 is 0.943 bits per heavy atom. The Morgan fingerprint density at radius 3 is 2.26 bits per heavy atom. The number of nitrogens with zero attached hydrogens (tertiary/aromatic N) is 3. The fourth-order valence-corrected chi connectivity index (χ4v) is 4.21. The predicted molar refractivity (Wildman–Crippen MR) is 142 cm³/mol. The van der Waals surface area contributed by atoms with Crippen molar-refractivity contribution in [3.05, 3.63) is 89.6 Å². The molecule has 0 aliphatic heterocycles. The van der Waals surface area contributed by atoms with Crippen LogP contribution in [0.5, 0.6) is 11.5 Å². The molecular formula is C29H33N3O3. The first-order chi connectivity index (χ1) is 17.0. The van der Waals surface area contributed by atoms with Crippen LogP contribution >= 0.6 is 0 Å². The number of rotatable bonds is 10. The first-order valence-corrected chi connectivity index (χ1v) is 11.9. The molecule has 1 heterocycles. The summed E-state index contributed by atoms with van der Waals surface area (Å²) in [5, 5.41) is 25.1. The molecule has 4 rings (SSSR count). The molecule has 182 valence electrons. The lowest BCUT2D eigenvalue weighted by molar-refractivity contribution is 0.261. The summed E-state index contributed by atoms with van der Waals surface area (Å²) >= 11 is 0. The highest BCUT2D eigenvalue weighted by Gasteiger charge is 2.16. The number of aromatic nitrogens is 2. The highest BCUT2D eigenvalue weighted by molar-refractivity contribution is 6.00. The molecule has 6 nitrogen and oxygen atoms in total. The lowest BCUT2D eigenvalue weighted by Crippen LogP contribution is -2.19. The summed E-state index contributed by atoms with van der Waals surface area (Å²) in [4.78, 5) is 2.09. The van der Waals surface area contributed by atoms with Gasteiger partial charge in [-0.2, -0.15) is 5.10 Å². The summed E-state index contributed by atoms with van der Waals surface area (Å²) in [5.74, 6) is 1.06. The second-order valence-corrected chi connectivity index (χ2v) is 8.95. The average Bonchev–Trinajstić information content (AvgIpc) is 3.23. The molecule has 0 saturated carbocycles. The van der Waals surface area contributed by atoms with Gasteiger partial charge in [0.15, 0.2) is 0 Å². The highest BCUT2D eigenvalue weighted by Crippen LogP contribution is 2.37. The van der Waals surface area contributed by atoms with Crippen LogP contribution in [0.25, 0.3) is 22.0 Å². The van der Waals surface area contributed by atoms with Crippen LogP contribution in [0.3, 0.4) is 0 Å². The number of allylic oxidation sites excluding steroid dienone is 1. The Hall–Kier alpha value is -3.61. The maximum absolute atomic E-state index is 9.91. The second kappa shape index (κ2) is 11.2. The molecule has 35 heavy (non-hydrogen) atoms. The molecule has 0 atom stereocenters. The van der Waals surface area contributed by atoms with Crippen molar-refractivity contribution in [3.63, 3.8) is 0 Å². The molecule has 3 aromatic carbocycles. The zero-order valence-electron chi connectivity index (χ0n) is 20.6. The number of likely N-dealkylation sites (N-methyl/N-ethyl adjacent to an activating group) is 1. The van der Waals surface area contributed by atoms with E-state index < -0.39 is 0 Å². The van der Waals surface area contributed by atoms with Gasteiger partial charge < -0.3 is 19.8 Å². The number of phenolic OH excluding ortho intramolecular Hbond substituents is 1. The van der Waals surface area contributed by atoms with E-state index >= 15 is 0 Å². The van der Waals surface area contributed by atoms with Crippen LogP contribution in [0, 0.1) is 0 Å². The number of aryl methyl sites for hydroxylation is 1. The minimum atomic E-state index is 0.110. The maximum atomic E-state index is 9.91. The van der Waals surface area contributed by atoms with Gasteiger partial charge in [0.2, 0.25) is 0 Å². The van der Waals surface area contributed by atoms with E-state index in [0.717, 1.165) is 51.0 Å². The summed E-state index contributed by atoms with van der Waals surface area (Å²) in [7, 11) is 6.00. The molecular weight excluding hydrogens is 438 g/mol. The number of phenols is 1. The van der Waals surface area contributed by atoms with Gasteiger partial charge in [0.05, 0.1) is 11.7 Å². The van der Waals surface area contributed by atoms with Gasteiger partial charge in [-0.1, -0.05) is 36.4 Å². The molecule has 0 bridgehead atoms. The average molecular weight is 472 g/mol. The summed E-state index contributed by atoms with van der Waals surface area (Å²) in [5.41, 5.74) is 6.40. The van der Waals surface area contributed by atoms with Gasteiger partial charge in [-0.05, 0) is 85.1 Å². The first kappa shape index (κ1) is 24.5. The zero-order valence-corrected chi connectivity index (χ0v) is 20.6. The number of benzene rings is 3. The van der Waals surface area contributed by atoms with Crippen LogP contribution in [0.2, 0.25) is 0 Å². The Morgan fingerprint density at radius 2 is 1.60 bits per heavy atom. The van der Waals surface area contributed by atoms with E-state index in [-0.39, 0.29) is 12.4 Å². The van der Waals surface area contributed by atoms with E-state index in [9.17, 15) is 10.2 Å². The Bertz CT molecular complexity index is 1290.